The van der Waals surface area contributed by atoms with Gasteiger partial charge < -0.3 is 10.4 Å². The Bertz CT molecular complexity index is 119. The Morgan fingerprint density at radius 1 is 1.73 bits per heavy atom. The zero-order valence-corrected chi connectivity index (χ0v) is 7.78. The van der Waals surface area contributed by atoms with Crippen molar-refractivity contribution in [2.24, 2.45) is 5.92 Å². The summed E-state index contributed by atoms with van der Waals surface area (Å²) in [4.78, 5) is 10.8. The highest BCUT2D eigenvalue weighted by Gasteiger charge is 2.02. The minimum absolute atomic E-state index is 0.0396. The third kappa shape index (κ3) is 6.19. The van der Waals surface area contributed by atoms with Crippen molar-refractivity contribution in [3.05, 3.63) is 0 Å². The van der Waals surface area contributed by atoms with Gasteiger partial charge in [0.2, 0.25) is 5.91 Å². The van der Waals surface area contributed by atoms with Crippen molar-refractivity contribution in [2.75, 3.05) is 25.2 Å². The van der Waals surface area contributed by atoms with E-state index in [1.165, 1.54) is 11.8 Å². The largest absolute Gasteiger partial charge is 0.396 e. The molecular formula is C7H15NO2S. The molecule has 0 aliphatic carbocycles. The van der Waals surface area contributed by atoms with Crippen molar-refractivity contribution < 1.29 is 9.90 Å². The average Bonchev–Trinajstić information content (AvgIpc) is 2.01. The van der Waals surface area contributed by atoms with E-state index in [1.54, 1.807) is 0 Å². The molecule has 4 heteroatoms. The van der Waals surface area contributed by atoms with Crippen LogP contribution in [0.1, 0.15) is 6.92 Å². The maximum absolute atomic E-state index is 10.8. The Kier molecular flexibility index (Phi) is 6.36. The highest BCUT2D eigenvalue weighted by molar-refractivity contribution is 7.99. The van der Waals surface area contributed by atoms with Gasteiger partial charge >= 0.3 is 0 Å². The van der Waals surface area contributed by atoms with E-state index >= 15 is 0 Å². The van der Waals surface area contributed by atoms with Crippen molar-refractivity contribution in [3.8, 4) is 0 Å². The molecule has 0 rings (SSSR count). The summed E-state index contributed by atoms with van der Waals surface area (Å²) in [6, 6.07) is 0. The number of carbonyl (C=O) groups is 1. The molecule has 0 aromatic heterocycles. The lowest BCUT2D eigenvalue weighted by Crippen LogP contribution is -2.30. The van der Waals surface area contributed by atoms with E-state index in [9.17, 15) is 4.79 Å². The molecule has 0 heterocycles. The number of rotatable bonds is 5. The third-order valence-electron chi connectivity index (χ3n) is 1.23. The van der Waals surface area contributed by atoms with Gasteiger partial charge in [-0.2, -0.15) is 11.8 Å². The van der Waals surface area contributed by atoms with Crippen LogP contribution in [0.2, 0.25) is 0 Å². The first-order valence-corrected chi connectivity index (χ1v) is 4.96. The van der Waals surface area contributed by atoms with Gasteiger partial charge in [0.15, 0.2) is 0 Å². The third-order valence-corrected chi connectivity index (χ3v) is 1.79. The molecule has 0 saturated carbocycles. The summed E-state index contributed by atoms with van der Waals surface area (Å²) in [5.74, 6) is 0.691. The van der Waals surface area contributed by atoms with E-state index in [0.717, 1.165) is 0 Å². The number of carbonyl (C=O) groups excluding carboxylic acids is 1. The summed E-state index contributed by atoms with van der Waals surface area (Å²) in [6.07, 6.45) is 1.88. The molecule has 0 aliphatic heterocycles. The molecule has 2 N–H and O–H groups in total. The van der Waals surface area contributed by atoms with Gasteiger partial charge in [-0.05, 0) is 12.2 Å². The smallest absolute Gasteiger partial charge is 0.229 e. The first-order chi connectivity index (χ1) is 5.20. The van der Waals surface area contributed by atoms with Crippen molar-refractivity contribution in [3.63, 3.8) is 0 Å². The summed E-state index contributed by atoms with van der Waals surface area (Å²) in [6.45, 7) is 2.58. The van der Waals surface area contributed by atoms with E-state index in [2.05, 4.69) is 5.32 Å². The Balaban J connectivity index is 3.30. The summed E-state index contributed by atoms with van der Waals surface area (Å²) in [7, 11) is 0. The number of thioether (sulfide) groups is 1. The molecule has 0 aliphatic rings. The van der Waals surface area contributed by atoms with Gasteiger partial charge in [0, 0.05) is 13.2 Å². The molecule has 11 heavy (non-hydrogen) atoms. The molecule has 1 atom stereocenters. The van der Waals surface area contributed by atoms with E-state index in [1.807, 2.05) is 13.2 Å². The molecule has 0 radical (unpaired) electrons. The fraction of sp³-hybridized carbons (Fsp3) is 0.857. The monoisotopic (exact) mass is 177 g/mol. The van der Waals surface area contributed by atoms with Crippen LogP contribution in [0.4, 0.5) is 0 Å². The predicted octanol–water partition coefficient (Wildman–Crippen LogP) is 0.0940. The maximum Gasteiger partial charge on any atom is 0.229 e. The summed E-state index contributed by atoms with van der Waals surface area (Å²) < 4.78 is 0. The first-order valence-electron chi connectivity index (χ1n) is 3.57. The second-order valence-corrected chi connectivity index (χ2v) is 3.39. The lowest BCUT2D eigenvalue weighted by atomic mass is 10.2. The number of aliphatic hydroxyl groups is 1. The highest BCUT2D eigenvalue weighted by atomic mass is 32.2. The molecular weight excluding hydrogens is 162 g/mol. The van der Waals surface area contributed by atoms with Gasteiger partial charge in [-0.1, -0.05) is 6.92 Å². The van der Waals surface area contributed by atoms with E-state index in [4.69, 9.17) is 5.11 Å². The Morgan fingerprint density at radius 2 is 2.36 bits per heavy atom. The van der Waals surface area contributed by atoms with Gasteiger partial charge in [-0.15, -0.1) is 0 Å². The summed E-state index contributed by atoms with van der Waals surface area (Å²) >= 11 is 1.49. The standard InChI is InChI=1S/C7H15NO2S/c1-6(4-9)3-8-7(10)5-11-2/h6,9H,3-5H2,1-2H3,(H,8,10). The number of hydrogen-bond donors (Lipinski definition) is 2. The molecule has 66 valence electrons. The molecule has 3 nitrogen and oxygen atoms in total. The van der Waals surface area contributed by atoms with Gasteiger partial charge in [0.25, 0.3) is 0 Å². The fourth-order valence-corrected chi connectivity index (χ4v) is 0.899. The Hall–Kier alpha value is -0.220. The van der Waals surface area contributed by atoms with Crippen LogP contribution in [0.15, 0.2) is 0 Å². The van der Waals surface area contributed by atoms with Crippen molar-refractivity contribution in [2.45, 2.75) is 6.92 Å². The SMILES string of the molecule is CSCC(=O)NCC(C)CO. The lowest BCUT2D eigenvalue weighted by Gasteiger charge is -2.08. The number of aliphatic hydroxyl groups excluding tert-OH is 1. The Morgan fingerprint density at radius 3 is 2.82 bits per heavy atom. The highest BCUT2D eigenvalue weighted by Crippen LogP contribution is 1.92. The molecule has 0 bridgehead atoms. The van der Waals surface area contributed by atoms with Gasteiger partial charge in [0.1, 0.15) is 0 Å². The lowest BCUT2D eigenvalue weighted by molar-refractivity contribution is -0.118. The second-order valence-electron chi connectivity index (χ2n) is 2.52. The first kappa shape index (κ1) is 10.8. The quantitative estimate of drug-likeness (QED) is 0.626. The van der Waals surface area contributed by atoms with E-state index < -0.39 is 0 Å². The predicted molar refractivity (Wildman–Crippen MR) is 47.6 cm³/mol. The molecule has 0 aromatic carbocycles. The second kappa shape index (κ2) is 6.49. The van der Waals surface area contributed by atoms with Crippen LogP contribution in [0.3, 0.4) is 0 Å². The van der Waals surface area contributed by atoms with Crippen LogP contribution in [0.25, 0.3) is 0 Å². The van der Waals surface area contributed by atoms with Gasteiger partial charge in [0.05, 0.1) is 5.75 Å². The van der Waals surface area contributed by atoms with Crippen LogP contribution in [-0.2, 0) is 4.79 Å². The molecule has 0 aromatic rings. The van der Waals surface area contributed by atoms with Crippen LogP contribution >= 0.6 is 11.8 Å². The minimum Gasteiger partial charge on any atom is -0.396 e. The van der Waals surface area contributed by atoms with Crippen LogP contribution in [0, 0.1) is 5.92 Å². The fourth-order valence-electron chi connectivity index (χ4n) is 0.535. The normalized spacial score (nSPS) is 12.6. The number of nitrogens with one attached hydrogen (secondary N) is 1. The molecule has 0 fully saturated rings. The van der Waals surface area contributed by atoms with Crippen LogP contribution in [-0.4, -0.2) is 36.2 Å². The molecule has 1 unspecified atom stereocenters. The van der Waals surface area contributed by atoms with Crippen molar-refractivity contribution in [1.82, 2.24) is 5.32 Å². The number of hydrogen-bond acceptors (Lipinski definition) is 3. The minimum atomic E-state index is 0.0396. The average molecular weight is 177 g/mol. The molecule has 0 spiro atoms. The van der Waals surface area contributed by atoms with Crippen LogP contribution in [0.5, 0.6) is 0 Å². The maximum atomic E-state index is 10.8. The number of amides is 1. The van der Waals surface area contributed by atoms with Gasteiger partial charge in [-0.25, -0.2) is 0 Å². The van der Waals surface area contributed by atoms with E-state index in [0.29, 0.717) is 12.3 Å². The van der Waals surface area contributed by atoms with Crippen molar-refractivity contribution in [1.29, 1.82) is 0 Å². The van der Waals surface area contributed by atoms with E-state index in [-0.39, 0.29) is 18.4 Å². The van der Waals surface area contributed by atoms with Crippen molar-refractivity contribution >= 4 is 17.7 Å². The topological polar surface area (TPSA) is 49.3 Å². The Labute approximate surface area is 71.6 Å². The molecule has 1 amide bonds. The van der Waals surface area contributed by atoms with Gasteiger partial charge in [-0.3, -0.25) is 4.79 Å². The summed E-state index contributed by atoms with van der Waals surface area (Å²) in [5, 5.41) is 11.3. The zero-order chi connectivity index (χ0) is 8.69. The zero-order valence-electron chi connectivity index (χ0n) is 6.96. The van der Waals surface area contributed by atoms with Crippen LogP contribution < -0.4 is 5.32 Å². The summed E-state index contributed by atoms with van der Waals surface area (Å²) in [5.41, 5.74) is 0. The molecule has 0 saturated heterocycles.